The molecule has 0 aromatic heterocycles. The Balaban J connectivity index is 2.24. The quantitative estimate of drug-likeness (QED) is 0.565. The number of esters is 1. The number of hydrogen-bond donors (Lipinski definition) is 1. The highest BCUT2D eigenvalue weighted by Crippen LogP contribution is 2.15. The van der Waals surface area contributed by atoms with E-state index in [2.05, 4.69) is 24.1 Å². The van der Waals surface area contributed by atoms with Gasteiger partial charge in [0.05, 0.1) is 6.61 Å². The number of carbonyl (C=O) groups is 1. The van der Waals surface area contributed by atoms with Gasteiger partial charge in [-0.2, -0.15) is 0 Å². The number of nitrogens with one attached hydrogen (secondary N) is 1. The zero-order chi connectivity index (χ0) is 14.1. The molecular weight excluding hydrogens is 240 g/mol. The van der Waals surface area contributed by atoms with Gasteiger partial charge < -0.3 is 10.1 Å². The number of carbonyl (C=O) groups excluding carboxylic acids is 1. The molecule has 0 radical (unpaired) electrons. The average molecular weight is 268 g/mol. The van der Waals surface area contributed by atoms with Crippen LogP contribution in [0.3, 0.4) is 0 Å². The number of rotatable bonds is 7. The van der Waals surface area contributed by atoms with Crippen molar-refractivity contribution in [1.29, 1.82) is 0 Å². The summed E-state index contributed by atoms with van der Waals surface area (Å²) in [5.41, 5.74) is 0. The molecule has 1 rings (SSSR count). The maximum absolute atomic E-state index is 11.2. The highest BCUT2D eigenvalue weighted by molar-refractivity contribution is 5.81. The van der Waals surface area contributed by atoms with Crippen LogP contribution in [0.5, 0.6) is 0 Å². The van der Waals surface area contributed by atoms with Gasteiger partial charge >= 0.3 is 5.97 Å². The molecule has 1 aliphatic rings. The van der Waals surface area contributed by atoms with Crippen LogP contribution in [0.4, 0.5) is 0 Å². The largest absolute Gasteiger partial charge is 0.463 e. The zero-order valence-electron chi connectivity index (χ0n) is 12.5. The van der Waals surface area contributed by atoms with Crippen molar-refractivity contribution in [2.24, 2.45) is 5.92 Å². The van der Waals surface area contributed by atoms with Crippen LogP contribution in [-0.4, -0.2) is 49.7 Å². The van der Waals surface area contributed by atoms with E-state index in [1.807, 2.05) is 13.0 Å². The van der Waals surface area contributed by atoms with Crippen LogP contribution in [0.25, 0.3) is 0 Å². The van der Waals surface area contributed by atoms with Gasteiger partial charge in [-0.1, -0.05) is 19.9 Å². The summed E-state index contributed by atoms with van der Waals surface area (Å²) in [6.07, 6.45) is 6.01. The van der Waals surface area contributed by atoms with Gasteiger partial charge in [-0.3, -0.25) is 4.90 Å². The Morgan fingerprint density at radius 3 is 3.00 bits per heavy atom. The smallest absolute Gasteiger partial charge is 0.330 e. The molecule has 0 aliphatic carbocycles. The molecule has 4 heteroatoms. The van der Waals surface area contributed by atoms with Crippen molar-refractivity contribution in [2.75, 3.05) is 32.8 Å². The number of hydrogen-bond acceptors (Lipinski definition) is 4. The first-order chi connectivity index (χ1) is 9.11. The third-order valence-corrected chi connectivity index (χ3v) is 3.32. The number of ether oxygens (including phenoxy) is 1. The van der Waals surface area contributed by atoms with Crippen LogP contribution in [0.15, 0.2) is 12.2 Å². The van der Waals surface area contributed by atoms with Crippen LogP contribution in [-0.2, 0) is 9.53 Å². The minimum atomic E-state index is -0.238. The highest BCUT2D eigenvalue weighted by Gasteiger charge is 2.18. The molecule has 1 N–H and O–H groups in total. The number of likely N-dealkylation sites (tertiary alicyclic amines) is 1. The van der Waals surface area contributed by atoms with E-state index in [0.717, 1.165) is 32.1 Å². The molecule has 1 aliphatic heterocycles. The minimum absolute atomic E-state index is 0.238. The van der Waals surface area contributed by atoms with Gasteiger partial charge in [-0.15, -0.1) is 0 Å². The Bertz CT molecular complexity index is 290. The molecule has 110 valence electrons. The molecule has 0 aromatic carbocycles. The molecule has 1 saturated heterocycles. The molecule has 0 spiro atoms. The van der Waals surface area contributed by atoms with E-state index in [9.17, 15) is 4.79 Å². The van der Waals surface area contributed by atoms with Crippen LogP contribution in [0.2, 0.25) is 0 Å². The lowest BCUT2D eigenvalue weighted by Crippen LogP contribution is -2.41. The van der Waals surface area contributed by atoms with Crippen molar-refractivity contribution in [3.05, 3.63) is 12.2 Å². The lowest BCUT2D eigenvalue weighted by molar-refractivity contribution is -0.137. The van der Waals surface area contributed by atoms with Gasteiger partial charge in [-0.25, -0.2) is 4.79 Å². The highest BCUT2D eigenvalue weighted by atomic mass is 16.5. The van der Waals surface area contributed by atoms with Crippen molar-refractivity contribution in [2.45, 2.75) is 39.7 Å². The van der Waals surface area contributed by atoms with E-state index in [1.54, 1.807) is 6.08 Å². The summed E-state index contributed by atoms with van der Waals surface area (Å²) in [6.45, 7) is 10.8. The third-order valence-electron chi connectivity index (χ3n) is 3.32. The van der Waals surface area contributed by atoms with Crippen LogP contribution < -0.4 is 5.32 Å². The van der Waals surface area contributed by atoms with Gasteiger partial charge in [0.2, 0.25) is 0 Å². The van der Waals surface area contributed by atoms with E-state index >= 15 is 0 Å². The predicted octanol–water partition coefficient (Wildman–Crippen LogP) is 1.82. The monoisotopic (exact) mass is 268 g/mol. The average Bonchev–Trinajstić information content (AvgIpc) is 2.37. The van der Waals surface area contributed by atoms with Gasteiger partial charge in [0.25, 0.3) is 0 Å². The SMILES string of the molecule is CCOC(=O)/C=C/CN1CCCC(CNC(C)C)C1. The number of piperidine rings is 1. The minimum Gasteiger partial charge on any atom is -0.463 e. The van der Waals surface area contributed by atoms with E-state index in [-0.39, 0.29) is 5.97 Å². The van der Waals surface area contributed by atoms with Crippen molar-refractivity contribution in [3.63, 3.8) is 0 Å². The maximum Gasteiger partial charge on any atom is 0.330 e. The van der Waals surface area contributed by atoms with Crippen molar-refractivity contribution >= 4 is 5.97 Å². The number of nitrogens with zero attached hydrogens (tertiary/aromatic N) is 1. The van der Waals surface area contributed by atoms with Gasteiger partial charge in [0.15, 0.2) is 0 Å². The molecule has 0 aromatic rings. The summed E-state index contributed by atoms with van der Waals surface area (Å²) in [5.74, 6) is 0.490. The standard InChI is InChI=1S/C15H28N2O2/c1-4-19-15(18)8-6-10-17-9-5-7-14(12-17)11-16-13(2)3/h6,8,13-14,16H,4-5,7,9-12H2,1-3H3/b8-6+. The van der Waals surface area contributed by atoms with Gasteiger partial charge in [-0.05, 0) is 38.8 Å². The first-order valence-corrected chi connectivity index (χ1v) is 7.40. The second kappa shape index (κ2) is 9.10. The van der Waals surface area contributed by atoms with Crippen molar-refractivity contribution in [1.82, 2.24) is 10.2 Å². The fourth-order valence-corrected chi connectivity index (χ4v) is 2.37. The van der Waals surface area contributed by atoms with E-state index in [0.29, 0.717) is 12.6 Å². The second-order valence-corrected chi connectivity index (χ2v) is 5.49. The summed E-state index contributed by atoms with van der Waals surface area (Å²) >= 11 is 0. The topological polar surface area (TPSA) is 41.6 Å². The lowest BCUT2D eigenvalue weighted by atomic mass is 9.98. The third kappa shape index (κ3) is 7.33. The Morgan fingerprint density at radius 1 is 1.53 bits per heavy atom. The first-order valence-electron chi connectivity index (χ1n) is 7.40. The van der Waals surface area contributed by atoms with Gasteiger partial charge in [0, 0.05) is 25.2 Å². The molecule has 1 fully saturated rings. The van der Waals surface area contributed by atoms with Crippen molar-refractivity contribution in [3.8, 4) is 0 Å². The molecule has 0 bridgehead atoms. The molecule has 0 amide bonds. The van der Waals surface area contributed by atoms with Crippen molar-refractivity contribution < 1.29 is 9.53 Å². The molecule has 1 heterocycles. The lowest BCUT2D eigenvalue weighted by Gasteiger charge is -2.32. The Hall–Kier alpha value is -0.870. The molecule has 4 nitrogen and oxygen atoms in total. The fraction of sp³-hybridized carbons (Fsp3) is 0.800. The molecule has 1 atom stereocenters. The summed E-state index contributed by atoms with van der Waals surface area (Å²) in [6, 6.07) is 0.555. The van der Waals surface area contributed by atoms with E-state index < -0.39 is 0 Å². The van der Waals surface area contributed by atoms with Gasteiger partial charge in [0.1, 0.15) is 0 Å². The normalized spacial score (nSPS) is 21.2. The Kier molecular flexibility index (Phi) is 7.75. The molecule has 19 heavy (non-hydrogen) atoms. The zero-order valence-corrected chi connectivity index (χ0v) is 12.5. The fourth-order valence-electron chi connectivity index (χ4n) is 2.37. The molecule has 0 saturated carbocycles. The summed E-state index contributed by atoms with van der Waals surface area (Å²) < 4.78 is 4.86. The maximum atomic E-state index is 11.2. The van der Waals surface area contributed by atoms with Crippen LogP contribution >= 0.6 is 0 Å². The Morgan fingerprint density at radius 2 is 2.32 bits per heavy atom. The molecule has 1 unspecified atom stereocenters. The molecular formula is C15H28N2O2. The summed E-state index contributed by atoms with van der Waals surface area (Å²) in [4.78, 5) is 13.6. The first kappa shape index (κ1) is 16.2. The van der Waals surface area contributed by atoms with Crippen LogP contribution in [0.1, 0.15) is 33.6 Å². The second-order valence-electron chi connectivity index (χ2n) is 5.49. The van der Waals surface area contributed by atoms with Crippen LogP contribution in [0, 0.1) is 5.92 Å². The van der Waals surface area contributed by atoms with E-state index in [1.165, 1.54) is 12.8 Å². The summed E-state index contributed by atoms with van der Waals surface area (Å²) in [7, 11) is 0. The summed E-state index contributed by atoms with van der Waals surface area (Å²) in [5, 5.41) is 3.51. The van der Waals surface area contributed by atoms with E-state index in [4.69, 9.17) is 4.74 Å². The predicted molar refractivity (Wildman–Crippen MR) is 78.1 cm³/mol. The Labute approximate surface area is 117 Å².